The van der Waals surface area contributed by atoms with E-state index >= 15 is 0 Å². The van der Waals surface area contributed by atoms with Crippen molar-refractivity contribution in [2.24, 2.45) is 0 Å². The van der Waals surface area contributed by atoms with Crippen LogP contribution in [0, 0.1) is 6.92 Å². The van der Waals surface area contributed by atoms with Crippen LogP contribution in [0.15, 0.2) is 30.5 Å². The highest BCUT2D eigenvalue weighted by Gasteiger charge is 2.21. The first-order valence-corrected chi connectivity index (χ1v) is 6.62. The molecule has 2 rings (SSSR count). The van der Waals surface area contributed by atoms with Crippen molar-refractivity contribution in [1.29, 1.82) is 0 Å². The van der Waals surface area contributed by atoms with Crippen LogP contribution in [-0.4, -0.2) is 26.8 Å². The van der Waals surface area contributed by atoms with E-state index in [0.717, 1.165) is 10.2 Å². The fourth-order valence-electron chi connectivity index (χ4n) is 1.84. The quantitative estimate of drug-likeness (QED) is 0.909. The number of nitrogens with one attached hydrogen (secondary N) is 1. The molecule has 0 bridgehead atoms. The molecule has 1 amide bonds. The van der Waals surface area contributed by atoms with Gasteiger partial charge in [0, 0.05) is 16.9 Å². The normalized spacial score (nSPS) is 12.0. The highest BCUT2D eigenvalue weighted by molar-refractivity contribution is 6.31. The van der Waals surface area contributed by atoms with Crippen LogP contribution in [0.3, 0.4) is 0 Å². The van der Waals surface area contributed by atoms with Crippen LogP contribution in [0.2, 0.25) is 5.02 Å². The molecular formula is C14H14ClN3O3. The highest BCUT2D eigenvalue weighted by atomic mass is 35.5. The molecule has 0 fully saturated rings. The first-order chi connectivity index (χ1) is 9.91. The second kappa shape index (κ2) is 5.97. The Balaban J connectivity index is 2.28. The lowest BCUT2D eigenvalue weighted by atomic mass is 10.2. The van der Waals surface area contributed by atoms with E-state index in [1.54, 1.807) is 25.1 Å². The van der Waals surface area contributed by atoms with Crippen molar-refractivity contribution in [2.45, 2.75) is 19.9 Å². The predicted molar refractivity (Wildman–Crippen MR) is 78.7 cm³/mol. The van der Waals surface area contributed by atoms with E-state index in [0.29, 0.717) is 10.7 Å². The molecule has 7 heteroatoms. The van der Waals surface area contributed by atoms with Crippen LogP contribution in [0.5, 0.6) is 0 Å². The minimum absolute atomic E-state index is 0.171. The third-order valence-electron chi connectivity index (χ3n) is 3.14. The second-order valence-electron chi connectivity index (χ2n) is 4.54. The lowest BCUT2D eigenvalue weighted by Crippen LogP contribution is -2.24. The Labute approximate surface area is 126 Å². The summed E-state index contributed by atoms with van der Waals surface area (Å²) in [6, 6.07) is 5.71. The van der Waals surface area contributed by atoms with Crippen LogP contribution in [0.4, 0.5) is 5.69 Å². The molecular weight excluding hydrogens is 294 g/mol. The van der Waals surface area contributed by atoms with Crippen LogP contribution in [-0.2, 0) is 4.79 Å². The smallest absolute Gasteiger partial charge is 0.328 e. The SMILES string of the molecule is Cc1c(Cl)cccc1NC(=O)c1ccnn1C(C)C(=O)O. The molecule has 1 atom stereocenters. The molecule has 21 heavy (non-hydrogen) atoms. The van der Waals surface area contributed by atoms with Gasteiger partial charge in [-0.1, -0.05) is 17.7 Å². The lowest BCUT2D eigenvalue weighted by Gasteiger charge is -2.13. The third kappa shape index (κ3) is 3.05. The topological polar surface area (TPSA) is 84.2 Å². The summed E-state index contributed by atoms with van der Waals surface area (Å²) in [6.07, 6.45) is 1.39. The molecule has 110 valence electrons. The molecule has 2 aromatic rings. The zero-order valence-corrected chi connectivity index (χ0v) is 12.3. The van der Waals surface area contributed by atoms with Crippen molar-refractivity contribution >= 4 is 29.2 Å². The van der Waals surface area contributed by atoms with E-state index in [1.165, 1.54) is 19.2 Å². The van der Waals surface area contributed by atoms with Crippen molar-refractivity contribution in [3.63, 3.8) is 0 Å². The number of rotatable bonds is 4. The zero-order valence-electron chi connectivity index (χ0n) is 11.5. The number of hydrogen-bond donors (Lipinski definition) is 2. The minimum Gasteiger partial charge on any atom is -0.480 e. The van der Waals surface area contributed by atoms with Gasteiger partial charge in [-0.15, -0.1) is 0 Å². The van der Waals surface area contributed by atoms with Crippen LogP contribution in [0.1, 0.15) is 29.0 Å². The maximum atomic E-state index is 12.3. The molecule has 1 heterocycles. The van der Waals surface area contributed by atoms with Gasteiger partial charge in [0.15, 0.2) is 0 Å². The van der Waals surface area contributed by atoms with Gasteiger partial charge in [-0.3, -0.25) is 4.79 Å². The van der Waals surface area contributed by atoms with Crippen molar-refractivity contribution in [3.8, 4) is 0 Å². The van der Waals surface area contributed by atoms with Crippen molar-refractivity contribution < 1.29 is 14.7 Å². The Morgan fingerprint density at radius 3 is 2.76 bits per heavy atom. The van der Waals surface area contributed by atoms with Crippen LogP contribution < -0.4 is 5.32 Å². The molecule has 2 N–H and O–H groups in total. The van der Waals surface area contributed by atoms with Crippen molar-refractivity contribution in [1.82, 2.24) is 9.78 Å². The number of carboxylic acids is 1. The maximum Gasteiger partial charge on any atom is 0.328 e. The molecule has 1 aromatic heterocycles. The average molecular weight is 308 g/mol. The standard InChI is InChI=1S/C14H14ClN3O3/c1-8-10(15)4-3-5-11(8)17-13(19)12-6-7-16-18(12)9(2)14(20)21/h3-7,9H,1-2H3,(H,17,19)(H,20,21). The van der Waals surface area contributed by atoms with Crippen LogP contribution in [0.25, 0.3) is 0 Å². The number of carbonyl (C=O) groups is 2. The lowest BCUT2D eigenvalue weighted by molar-refractivity contribution is -0.140. The Bertz CT molecular complexity index is 697. The molecule has 0 spiro atoms. The number of nitrogens with zero attached hydrogens (tertiary/aromatic N) is 2. The number of aliphatic carboxylic acids is 1. The van der Waals surface area contributed by atoms with Gasteiger partial charge >= 0.3 is 5.97 Å². The number of amides is 1. The number of carbonyl (C=O) groups excluding carboxylic acids is 1. The summed E-state index contributed by atoms with van der Waals surface area (Å²) < 4.78 is 1.16. The molecule has 1 aromatic carbocycles. The van der Waals surface area contributed by atoms with Gasteiger partial charge in [0.05, 0.1) is 0 Å². The van der Waals surface area contributed by atoms with Gasteiger partial charge < -0.3 is 10.4 Å². The van der Waals surface area contributed by atoms with Gasteiger partial charge in [-0.25, -0.2) is 9.48 Å². The van der Waals surface area contributed by atoms with E-state index in [9.17, 15) is 9.59 Å². The molecule has 0 saturated carbocycles. The summed E-state index contributed by atoms with van der Waals surface area (Å²) in [6.45, 7) is 3.24. The molecule has 1 unspecified atom stereocenters. The first kappa shape index (κ1) is 15.1. The zero-order chi connectivity index (χ0) is 15.6. The number of anilines is 1. The number of halogens is 1. The molecule has 0 aliphatic carbocycles. The summed E-state index contributed by atoms with van der Waals surface area (Å²) in [5, 5.41) is 16.2. The predicted octanol–water partition coefficient (Wildman–Crippen LogP) is 2.74. The van der Waals surface area contributed by atoms with Gasteiger partial charge in [0.2, 0.25) is 0 Å². The van der Waals surface area contributed by atoms with E-state index in [2.05, 4.69) is 10.4 Å². The maximum absolute atomic E-state index is 12.3. The number of aromatic nitrogens is 2. The molecule has 0 saturated heterocycles. The van der Waals surface area contributed by atoms with Gasteiger partial charge in [0.25, 0.3) is 5.91 Å². The molecule has 0 aliphatic heterocycles. The summed E-state index contributed by atoms with van der Waals surface area (Å²) in [5.41, 5.74) is 1.48. The third-order valence-corrected chi connectivity index (χ3v) is 3.55. The van der Waals surface area contributed by atoms with Gasteiger partial charge in [-0.05, 0) is 37.6 Å². The van der Waals surface area contributed by atoms with E-state index < -0.39 is 17.9 Å². The van der Waals surface area contributed by atoms with Crippen molar-refractivity contribution in [2.75, 3.05) is 5.32 Å². The summed E-state index contributed by atoms with van der Waals surface area (Å²) >= 11 is 6.00. The minimum atomic E-state index is -1.06. The fourth-order valence-corrected chi connectivity index (χ4v) is 2.01. The summed E-state index contributed by atoms with van der Waals surface area (Å²) in [5.74, 6) is -1.50. The summed E-state index contributed by atoms with van der Waals surface area (Å²) in [4.78, 5) is 23.3. The van der Waals surface area contributed by atoms with Crippen LogP contribution >= 0.6 is 11.6 Å². The molecule has 6 nitrogen and oxygen atoms in total. The van der Waals surface area contributed by atoms with E-state index in [4.69, 9.17) is 16.7 Å². The Hall–Kier alpha value is -2.34. The largest absolute Gasteiger partial charge is 0.480 e. The number of hydrogen-bond acceptors (Lipinski definition) is 3. The Morgan fingerprint density at radius 2 is 2.10 bits per heavy atom. The summed E-state index contributed by atoms with van der Waals surface area (Å²) in [7, 11) is 0. The second-order valence-corrected chi connectivity index (χ2v) is 4.95. The average Bonchev–Trinajstić information content (AvgIpc) is 2.92. The van der Waals surface area contributed by atoms with Crippen molar-refractivity contribution in [3.05, 3.63) is 46.7 Å². The number of carboxylic acid groups (broad SMARTS) is 1. The Kier molecular flexibility index (Phi) is 4.28. The van der Waals surface area contributed by atoms with E-state index in [1.807, 2.05) is 0 Å². The van der Waals surface area contributed by atoms with Gasteiger partial charge in [0.1, 0.15) is 11.7 Å². The van der Waals surface area contributed by atoms with E-state index in [-0.39, 0.29) is 5.69 Å². The Morgan fingerprint density at radius 1 is 1.38 bits per heavy atom. The highest BCUT2D eigenvalue weighted by Crippen LogP contribution is 2.23. The monoisotopic (exact) mass is 307 g/mol. The number of benzene rings is 1. The van der Waals surface area contributed by atoms with Gasteiger partial charge in [-0.2, -0.15) is 5.10 Å². The molecule has 0 aliphatic rings. The fraction of sp³-hybridized carbons (Fsp3) is 0.214. The molecule has 0 radical (unpaired) electrons. The first-order valence-electron chi connectivity index (χ1n) is 6.24.